The molecule has 0 aliphatic rings. The molecule has 1 amide bonds. The molecule has 3 aromatic rings. The van der Waals surface area contributed by atoms with Crippen LogP contribution < -0.4 is 10.6 Å². The summed E-state index contributed by atoms with van der Waals surface area (Å²) in [7, 11) is 0. The van der Waals surface area contributed by atoms with Gasteiger partial charge in [-0.25, -0.2) is 4.98 Å². The summed E-state index contributed by atoms with van der Waals surface area (Å²) in [5, 5.41) is 16.1. The van der Waals surface area contributed by atoms with Gasteiger partial charge in [-0.2, -0.15) is 0 Å². The summed E-state index contributed by atoms with van der Waals surface area (Å²) in [5.74, 6) is -0.0137. The lowest BCUT2D eigenvalue weighted by Crippen LogP contribution is -2.28. The highest BCUT2D eigenvalue weighted by Gasteiger charge is 2.05. The molecule has 0 aliphatic heterocycles. The number of rotatable bonds is 5. The second-order valence-electron chi connectivity index (χ2n) is 4.72. The van der Waals surface area contributed by atoms with Crippen molar-refractivity contribution in [1.82, 2.24) is 10.3 Å². The fraction of sp³-hybridized carbons (Fsp3) is 0.125. The van der Waals surface area contributed by atoms with Gasteiger partial charge in [0.25, 0.3) is 5.91 Å². The fourth-order valence-corrected chi connectivity index (χ4v) is 2.90. The van der Waals surface area contributed by atoms with Crippen LogP contribution in [-0.4, -0.2) is 29.1 Å². The Morgan fingerprint density at radius 2 is 1.86 bits per heavy atom. The summed E-state index contributed by atoms with van der Waals surface area (Å²) in [6.45, 7) is 1.10. The molecule has 0 bridgehead atoms. The van der Waals surface area contributed by atoms with E-state index < -0.39 is 0 Å². The van der Waals surface area contributed by atoms with Crippen molar-refractivity contribution >= 4 is 32.6 Å². The number of hydrogen-bond acceptors (Lipinski definition) is 5. The van der Waals surface area contributed by atoms with Gasteiger partial charge in [-0.15, -0.1) is 0 Å². The molecule has 0 saturated heterocycles. The van der Waals surface area contributed by atoms with Gasteiger partial charge in [0.1, 0.15) is 5.75 Å². The van der Waals surface area contributed by atoms with Crippen molar-refractivity contribution in [3.05, 3.63) is 54.1 Å². The molecule has 112 valence electrons. The first-order chi connectivity index (χ1) is 10.7. The van der Waals surface area contributed by atoms with Gasteiger partial charge >= 0.3 is 0 Å². The van der Waals surface area contributed by atoms with E-state index in [1.807, 2.05) is 24.3 Å². The smallest absolute Gasteiger partial charge is 0.251 e. The van der Waals surface area contributed by atoms with Crippen molar-refractivity contribution in [2.75, 3.05) is 18.4 Å². The molecule has 0 saturated carbocycles. The quantitative estimate of drug-likeness (QED) is 0.633. The molecule has 6 heteroatoms. The number of benzene rings is 2. The van der Waals surface area contributed by atoms with Crippen LogP contribution in [0.25, 0.3) is 10.2 Å². The van der Waals surface area contributed by atoms with Gasteiger partial charge in [-0.3, -0.25) is 4.79 Å². The molecule has 0 aliphatic carbocycles. The van der Waals surface area contributed by atoms with E-state index in [0.29, 0.717) is 18.7 Å². The number of carbonyl (C=O) groups is 1. The number of thiazole rings is 1. The van der Waals surface area contributed by atoms with Crippen molar-refractivity contribution in [2.45, 2.75) is 0 Å². The number of para-hydroxylation sites is 1. The number of phenols is 1. The van der Waals surface area contributed by atoms with E-state index in [1.54, 1.807) is 23.5 Å². The third kappa shape index (κ3) is 3.35. The molecule has 5 nitrogen and oxygen atoms in total. The molecule has 0 unspecified atom stereocenters. The first-order valence-corrected chi connectivity index (χ1v) is 7.71. The van der Waals surface area contributed by atoms with Gasteiger partial charge in [0.2, 0.25) is 0 Å². The van der Waals surface area contributed by atoms with Crippen LogP contribution in [0.4, 0.5) is 5.13 Å². The maximum absolute atomic E-state index is 11.9. The molecule has 22 heavy (non-hydrogen) atoms. The maximum atomic E-state index is 11.9. The summed E-state index contributed by atoms with van der Waals surface area (Å²) in [5.41, 5.74) is 1.50. The number of carbonyl (C=O) groups excluding carboxylic acids is 1. The molecule has 3 rings (SSSR count). The van der Waals surface area contributed by atoms with Crippen molar-refractivity contribution in [3.8, 4) is 5.75 Å². The summed E-state index contributed by atoms with van der Waals surface area (Å²) >= 11 is 1.59. The normalized spacial score (nSPS) is 10.5. The lowest BCUT2D eigenvalue weighted by atomic mass is 10.2. The van der Waals surface area contributed by atoms with E-state index in [2.05, 4.69) is 15.6 Å². The minimum Gasteiger partial charge on any atom is -0.508 e. The molecule has 0 spiro atoms. The lowest BCUT2D eigenvalue weighted by molar-refractivity contribution is 0.0955. The number of phenolic OH excluding ortho intramolecular Hbond substituents is 1. The Bertz CT molecular complexity index is 750. The second-order valence-corrected chi connectivity index (χ2v) is 5.75. The summed E-state index contributed by atoms with van der Waals surface area (Å²) in [4.78, 5) is 16.3. The highest BCUT2D eigenvalue weighted by molar-refractivity contribution is 7.22. The zero-order valence-electron chi connectivity index (χ0n) is 11.7. The summed E-state index contributed by atoms with van der Waals surface area (Å²) in [6, 6.07) is 14.1. The van der Waals surface area contributed by atoms with Gasteiger partial charge in [0.15, 0.2) is 5.13 Å². The zero-order valence-corrected chi connectivity index (χ0v) is 12.6. The van der Waals surface area contributed by atoms with Crippen LogP contribution in [0.15, 0.2) is 48.5 Å². The predicted molar refractivity (Wildman–Crippen MR) is 88.5 cm³/mol. The third-order valence-electron chi connectivity index (χ3n) is 3.11. The number of hydrogen-bond donors (Lipinski definition) is 3. The van der Waals surface area contributed by atoms with Gasteiger partial charge < -0.3 is 15.7 Å². The molecule has 1 aromatic heterocycles. The minimum absolute atomic E-state index is 0.147. The van der Waals surface area contributed by atoms with E-state index in [9.17, 15) is 9.90 Å². The number of nitrogens with one attached hydrogen (secondary N) is 2. The SMILES string of the molecule is O=C(NCCNc1nc2ccccc2s1)c1ccc(O)cc1. The zero-order chi connectivity index (χ0) is 15.4. The van der Waals surface area contributed by atoms with Crippen molar-refractivity contribution in [2.24, 2.45) is 0 Å². The first kappa shape index (κ1) is 14.3. The Morgan fingerprint density at radius 1 is 1.09 bits per heavy atom. The Kier molecular flexibility index (Phi) is 4.20. The van der Waals surface area contributed by atoms with Gasteiger partial charge in [0, 0.05) is 18.7 Å². The lowest BCUT2D eigenvalue weighted by Gasteiger charge is -2.06. The fourth-order valence-electron chi connectivity index (χ4n) is 2.01. The maximum Gasteiger partial charge on any atom is 0.251 e. The molecule has 0 atom stereocenters. The van der Waals surface area contributed by atoms with E-state index in [-0.39, 0.29) is 11.7 Å². The largest absolute Gasteiger partial charge is 0.508 e. The number of amides is 1. The van der Waals surface area contributed by atoms with Crippen LogP contribution >= 0.6 is 11.3 Å². The summed E-state index contributed by atoms with van der Waals surface area (Å²) < 4.78 is 1.14. The number of anilines is 1. The average Bonchev–Trinajstić information content (AvgIpc) is 2.95. The highest BCUT2D eigenvalue weighted by atomic mass is 32.1. The molecule has 0 radical (unpaired) electrons. The second kappa shape index (κ2) is 6.44. The molecular formula is C16H15N3O2S. The predicted octanol–water partition coefficient (Wildman–Crippen LogP) is 2.84. The number of aromatic nitrogens is 1. The highest BCUT2D eigenvalue weighted by Crippen LogP contribution is 2.24. The van der Waals surface area contributed by atoms with E-state index in [4.69, 9.17) is 0 Å². The van der Waals surface area contributed by atoms with Crippen molar-refractivity contribution in [3.63, 3.8) is 0 Å². The first-order valence-electron chi connectivity index (χ1n) is 6.89. The standard InChI is InChI=1S/C16H15N3O2S/c20-12-7-5-11(6-8-12)15(21)17-9-10-18-16-19-13-3-1-2-4-14(13)22-16/h1-8,20H,9-10H2,(H,17,21)(H,18,19). The Balaban J connectivity index is 1.49. The number of nitrogens with zero attached hydrogens (tertiary/aromatic N) is 1. The summed E-state index contributed by atoms with van der Waals surface area (Å²) in [6.07, 6.45) is 0. The van der Waals surface area contributed by atoms with Gasteiger partial charge in [-0.1, -0.05) is 23.5 Å². The molecular weight excluding hydrogens is 298 g/mol. The van der Waals surface area contributed by atoms with Crippen LogP contribution in [0.5, 0.6) is 5.75 Å². The van der Waals surface area contributed by atoms with E-state index >= 15 is 0 Å². The van der Waals surface area contributed by atoms with Crippen LogP contribution in [0.2, 0.25) is 0 Å². The average molecular weight is 313 g/mol. The van der Waals surface area contributed by atoms with Crippen molar-refractivity contribution < 1.29 is 9.90 Å². The Hall–Kier alpha value is -2.60. The Morgan fingerprint density at radius 3 is 2.64 bits per heavy atom. The topological polar surface area (TPSA) is 74.2 Å². The third-order valence-corrected chi connectivity index (χ3v) is 4.10. The van der Waals surface area contributed by atoms with Crippen LogP contribution in [0.3, 0.4) is 0 Å². The van der Waals surface area contributed by atoms with Gasteiger partial charge in [-0.05, 0) is 36.4 Å². The van der Waals surface area contributed by atoms with Crippen LogP contribution in [0, 0.1) is 0 Å². The number of fused-ring (bicyclic) bond motifs is 1. The van der Waals surface area contributed by atoms with Gasteiger partial charge in [0.05, 0.1) is 10.2 Å². The van der Waals surface area contributed by atoms with E-state index in [0.717, 1.165) is 15.3 Å². The molecule has 3 N–H and O–H groups in total. The van der Waals surface area contributed by atoms with Crippen LogP contribution in [0.1, 0.15) is 10.4 Å². The number of aromatic hydroxyl groups is 1. The van der Waals surface area contributed by atoms with Crippen LogP contribution in [-0.2, 0) is 0 Å². The van der Waals surface area contributed by atoms with E-state index in [1.165, 1.54) is 12.1 Å². The Labute approximate surface area is 131 Å². The monoisotopic (exact) mass is 313 g/mol. The minimum atomic E-state index is -0.161. The molecule has 1 heterocycles. The van der Waals surface area contributed by atoms with Crippen molar-refractivity contribution in [1.29, 1.82) is 0 Å². The molecule has 2 aromatic carbocycles. The molecule has 0 fully saturated rings.